The highest BCUT2D eigenvalue weighted by atomic mass is 32.2. The Morgan fingerprint density at radius 1 is 1.15 bits per heavy atom. The lowest BCUT2D eigenvalue weighted by Gasteiger charge is -2.26. The second-order valence-corrected chi connectivity index (χ2v) is 8.97. The zero-order valence-corrected chi connectivity index (χ0v) is 17.9. The number of anilines is 1. The van der Waals surface area contributed by atoms with Crippen LogP contribution in [0.4, 0.5) is 15.8 Å². The first kappa shape index (κ1) is 22.5. The number of non-ortho nitro benzene ring substituents is 1. The highest BCUT2D eigenvalue weighted by molar-refractivity contribution is 7.89. The molecule has 33 heavy (non-hydrogen) atoms. The molecule has 1 N–H and O–H groups in total. The van der Waals surface area contributed by atoms with Gasteiger partial charge in [-0.2, -0.15) is 9.40 Å². The molecular weight excluding hydrogens is 457 g/mol. The number of nitrogens with zero attached hydrogens (tertiary/aromatic N) is 4. The molecule has 0 aliphatic carbocycles. The van der Waals surface area contributed by atoms with E-state index >= 15 is 0 Å². The normalized spacial score (nSPS) is 14.7. The van der Waals surface area contributed by atoms with Crippen LogP contribution in [0.5, 0.6) is 0 Å². The molecule has 11 nitrogen and oxygen atoms in total. The molecule has 4 rings (SSSR count). The van der Waals surface area contributed by atoms with Gasteiger partial charge in [0.2, 0.25) is 10.0 Å². The number of sulfonamides is 1. The predicted molar refractivity (Wildman–Crippen MR) is 114 cm³/mol. The van der Waals surface area contributed by atoms with Crippen LogP contribution in [0.15, 0.2) is 59.8 Å². The number of morpholine rings is 1. The third kappa shape index (κ3) is 4.74. The molecule has 0 atom stereocenters. The monoisotopic (exact) mass is 475 g/mol. The number of aromatic nitrogens is 2. The number of hydrogen-bond acceptors (Lipinski definition) is 7. The molecule has 1 aromatic heterocycles. The van der Waals surface area contributed by atoms with E-state index in [9.17, 15) is 27.7 Å². The van der Waals surface area contributed by atoms with E-state index in [0.717, 1.165) is 16.4 Å². The fourth-order valence-corrected chi connectivity index (χ4v) is 4.71. The number of amides is 1. The molecule has 0 radical (unpaired) electrons. The minimum absolute atomic E-state index is 0.0805. The van der Waals surface area contributed by atoms with Crippen molar-refractivity contribution in [3.8, 4) is 5.69 Å². The van der Waals surface area contributed by atoms with Gasteiger partial charge in [-0.1, -0.05) is 0 Å². The van der Waals surface area contributed by atoms with Gasteiger partial charge in [0.05, 0.1) is 35.6 Å². The van der Waals surface area contributed by atoms with Crippen molar-refractivity contribution in [2.24, 2.45) is 0 Å². The van der Waals surface area contributed by atoms with Crippen molar-refractivity contribution < 1.29 is 27.3 Å². The second-order valence-electron chi connectivity index (χ2n) is 7.06. The minimum Gasteiger partial charge on any atom is -0.379 e. The quantitative estimate of drug-likeness (QED) is 0.426. The van der Waals surface area contributed by atoms with Crippen LogP contribution in [-0.4, -0.2) is 59.6 Å². The third-order valence-corrected chi connectivity index (χ3v) is 6.86. The molecule has 3 aromatic rings. The van der Waals surface area contributed by atoms with Gasteiger partial charge in [0, 0.05) is 37.1 Å². The molecule has 13 heteroatoms. The van der Waals surface area contributed by atoms with Crippen molar-refractivity contribution in [3.63, 3.8) is 0 Å². The third-order valence-electron chi connectivity index (χ3n) is 4.95. The molecule has 1 fully saturated rings. The highest BCUT2D eigenvalue weighted by Crippen LogP contribution is 2.24. The van der Waals surface area contributed by atoms with Crippen molar-refractivity contribution in [1.82, 2.24) is 14.1 Å². The van der Waals surface area contributed by atoms with Gasteiger partial charge in [-0.25, -0.2) is 17.5 Å². The van der Waals surface area contributed by atoms with Gasteiger partial charge in [-0.05, 0) is 30.3 Å². The number of nitro benzene ring substituents is 1. The summed E-state index contributed by atoms with van der Waals surface area (Å²) < 4.78 is 47.6. The molecule has 0 saturated carbocycles. The van der Waals surface area contributed by atoms with E-state index < -0.39 is 31.6 Å². The number of hydrogen-bond donors (Lipinski definition) is 1. The van der Waals surface area contributed by atoms with Crippen molar-refractivity contribution >= 4 is 27.3 Å². The maximum atomic E-state index is 14.3. The van der Waals surface area contributed by atoms with Gasteiger partial charge in [0.1, 0.15) is 10.7 Å². The summed E-state index contributed by atoms with van der Waals surface area (Å²) in [6, 6.07) is 8.89. The number of halogens is 1. The van der Waals surface area contributed by atoms with E-state index in [4.69, 9.17) is 4.74 Å². The first-order valence-corrected chi connectivity index (χ1v) is 11.2. The van der Waals surface area contributed by atoms with E-state index in [2.05, 4.69) is 10.4 Å². The van der Waals surface area contributed by atoms with Crippen LogP contribution >= 0.6 is 0 Å². The van der Waals surface area contributed by atoms with Gasteiger partial charge in [0.15, 0.2) is 0 Å². The van der Waals surface area contributed by atoms with Crippen LogP contribution in [-0.2, 0) is 14.8 Å². The summed E-state index contributed by atoms with van der Waals surface area (Å²) in [5.74, 6) is -1.52. The van der Waals surface area contributed by atoms with Crippen molar-refractivity contribution in [3.05, 3.63) is 76.4 Å². The van der Waals surface area contributed by atoms with Gasteiger partial charge in [0.25, 0.3) is 11.6 Å². The maximum absolute atomic E-state index is 14.3. The molecule has 1 aliphatic rings. The summed E-state index contributed by atoms with van der Waals surface area (Å²) in [7, 11) is -4.09. The molecule has 2 heterocycles. The molecule has 1 aliphatic heterocycles. The number of ether oxygens (including phenoxy) is 1. The zero-order chi connectivity index (χ0) is 23.6. The summed E-state index contributed by atoms with van der Waals surface area (Å²) in [5, 5.41) is 17.4. The number of rotatable bonds is 6. The number of benzene rings is 2. The van der Waals surface area contributed by atoms with Crippen LogP contribution in [0.2, 0.25) is 0 Å². The Labute approximate surface area is 187 Å². The lowest BCUT2D eigenvalue weighted by Crippen LogP contribution is -2.40. The van der Waals surface area contributed by atoms with E-state index in [1.807, 2.05) is 0 Å². The van der Waals surface area contributed by atoms with E-state index in [1.54, 1.807) is 0 Å². The molecule has 0 spiro atoms. The van der Waals surface area contributed by atoms with E-state index in [1.165, 1.54) is 47.4 Å². The first-order valence-electron chi connectivity index (χ1n) is 9.74. The number of nitrogens with one attached hydrogen (secondary N) is 1. The van der Waals surface area contributed by atoms with Crippen LogP contribution in [0.1, 0.15) is 10.4 Å². The second kappa shape index (κ2) is 9.05. The predicted octanol–water partition coefficient (Wildman–Crippen LogP) is 2.19. The number of carbonyl (C=O) groups is 1. The molecule has 0 bridgehead atoms. The van der Waals surface area contributed by atoms with Crippen LogP contribution in [0, 0.1) is 15.9 Å². The van der Waals surface area contributed by atoms with Crippen LogP contribution < -0.4 is 5.32 Å². The van der Waals surface area contributed by atoms with Crippen LogP contribution in [0.3, 0.4) is 0 Å². The Hall–Kier alpha value is -3.68. The molecule has 172 valence electrons. The number of nitro groups is 1. The lowest BCUT2D eigenvalue weighted by molar-refractivity contribution is -0.384. The lowest BCUT2D eigenvalue weighted by atomic mass is 10.2. The Morgan fingerprint density at radius 3 is 2.52 bits per heavy atom. The summed E-state index contributed by atoms with van der Waals surface area (Å²) in [5.41, 5.74) is 0.662. The summed E-state index contributed by atoms with van der Waals surface area (Å²) >= 11 is 0. The first-order chi connectivity index (χ1) is 15.8. The Bertz CT molecular complexity index is 1300. The van der Waals surface area contributed by atoms with Gasteiger partial charge < -0.3 is 10.1 Å². The largest absolute Gasteiger partial charge is 0.379 e. The van der Waals surface area contributed by atoms with Crippen molar-refractivity contribution in [2.45, 2.75) is 4.90 Å². The van der Waals surface area contributed by atoms with Crippen molar-refractivity contribution in [1.29, 1.82) is 0 Å². The smallest absolute Gasteiger partial charge is 0.269 e. The maximum Gasteiger partial charge on any atom is 0.269 e. The van der Waals surface area contributed by atoms with Gasteiger partial charge >= 0.3 is 0 Å². The molecular formula is C20H18FN5O6S. The molecule has 1 amide bonds. The van der Waals surface area contributed by atoms with Crippen LogP contribution in [0.25, 0.3) is 5.69 Å². The SMILES string of the molecule is O=C(Nc1ccc(F)c(S(=O)(=O)N2CCOCC2)c1)c1cnn(-c2ccc([N+](=O)[O-])cc2)c1. The molecule has 2 aromatic carbocycles. The van der Waals surface area contributed by atoms with E-state index in [-0.39, 0.29) is 43.2 Å². The fraction of sp³-hybridized carbons (Fsp3) is 0.200. The molecule has 0 unspecified atom stereocenters. The summed E-state index contributed by atoms with van der Waals surface area (Å²) in [4.78, 5) is 22.3. The standard InChI is InChI=1S/C20H18FN5O6S/c21-18-6-1-15(11-19(18)33(30,31)24-7-9-32-10-8-24)23-20(27)14-12-22-25(13-14)16-2-4-17(5-3-16)26(28)29/h1-6,11-13H,7-10H2,(H,23,27). The molecule has 1 saturated heterocycles. The number of carbonyl (C=O) groups excluding carboxylic acids is 1. The van der Waals surface area contributed by atoms with Crippen molar-refractivity contribution in [2.75, 3.05) is 31.6 Å². The topological polar surface area (TPSA) is 137 Å². The highest BCUT2D eigenvalue weighted by Gasteiger charge is 2.29. The summed E-state index contributed by atoms with van der Waals surface area (Å²) in [6.45, 7) is 0.659. The van der Waals surface area contributed by atoms with E-state index in [0.29, 0.717) is 5.69 Å². The zero-order valence-electron chi connectivity index (χ0n) is 17.0. The average molecular weight is 475 g/mol. The van der Waals surface area contributed by atoms with Gasteiger partial charge in [-0.3, -0.25) is 14.9 Å². The fourth-order valence-electron chi connectivity index (χ4n) is 3.22. The van der Waals surface area contributed by atoms with Gasteiger partial charge in [-0.15, -0.1) is 0 Å². The summed E-state index contributed by atoms with van der Waals surface area (Å²) in [6.07, 6.45) is 2.69. The Kier molecular flexibility index (Phi) is 6.18. The Balaban J connectivity index is 1.52. The Morgan fingerprint density at radius 2 is 1.85 bits per heavy atom. The minimum atomic E-state index is -4.09. The average Bonchev–Trinajstić information content (AvgIpc) is 3.31.